The first-order valence-electron chi connectivity index (χ1n) is 10.8. The van der Waals surface area contributed by atoms with Crippen molar-refractivity contribution in [3.05, 3.63) is 56.2 Å². The summed E-state index contributed by atoms with van der Waals surface area (Å²) in [4.78, 5) is 41.8. The van der Waals surface area contributed by atoms with Crippen molar-refractivity contribution in [1.82, 2.24) is 18.7 Å². The largest absolute Gasteiger partial charge is 0.481 e. The molecule has 2 aromatic heterocycles. The number of alkyl halides is 3. The molecular weight excluding hydrogens is 455 g/mol. The minimum atomic E-state index is -4.48. The normalized spacial score (nSPS) is 18.9. The van der Waals surface area contributed by atoms with Gasteiger partial charge in [-0.05, 0) is 37.0 Å². The SMILES string of the molecule is Cn1c(NC2CCCC(C(=O)O)C2)nc2c1c(=O)n(Cc1ccc(C(F)(F)F)cc1)c(=O)n2C. The molecule has 1 fully saturated rings. The summed E-state index contributed by atoms with van der Waals surface area (Å²) in [6.07, 6.45) is -1.94. The molecule has 2 heterocycles. The minimum absolute atomic E-state index is 0.142. The van der Waals surface area contributed by atoms with Crippen molar-refractivity contribution < 1.29 is 23.1 Å². The average Bonchev–Trinajstić information content (AvgIpc) is 3.11. The zero-order valence-corrected chi connectivity index (χ0v) is 18.6. The van der Waals surface area contributed by atoms with Crippen molar-refractivity contribution in [1.29, 1.82) is 0 Å². The van der Waals surface area contributed by atoms with Gasteiger partial charge in [0.1, 0.15) is 0 Å². The van der Waals surface area contributed by atoms with Gasteiger partial charge in [0.25, 0.3) is 5.56 Å². The number of anilines is 1. The van der Waals surface area contributed by atoms with Crippen LogP contribution in [0, 0.1) is 5.92 Å². The second-order valence-corrected chi connectivity index (χ2v) is 8.64. The van der Waals surface area contributed by atoms with Gasteiger partial charge in [0.15, 0.2) is 11.2 Å². The molecule has 1 aliphatic rings. The number of benzene rings is 1. The van der Waals surface area contributed by atoms with Gasteiger partial charge in [-0.15, -0.1) is 0 Å². The van der Waals surface area contributed by atoms with Crippen molar-refractivity contribution in [2.45, 2.75) is 44.4 Å². The van der Waals surface area contributed by atoms with Crippen LogP contribution in [0.1, 0.15) is 36.8 Å². The Morgan fingerprint density at radius 3 is 2.44 bits per heavy atom. The molecular formula is C22H24F3N5O4. The van der Waals surface area contributed by atoms with E-state index in [9.17, 15) is 32.7 Å². The fraction of sp³-hybridized carbons (Fsp3) is 0.455. The van der Waals surface area contributed by atoms with Crippen LogP contribution in [0.3, 0.4) is 0 Å². The van der Waals surface area contributed by atoms with Crippen LogP contribution in [0.25, 0.3) is 11.2 Å². The van der Waals surface area contributed by atoms with Gasteiger partial charge in [0, 0.05) is 20.1 Å². The van der Waals surface area contributed by atoms with Crippen LogP contribution in [0.4, 0.5) is 19.1 Å². The maximum absolute atomic E-state index is 13.2. The van der Waals surface area contributed by atoms with Gasteiger partial charge in [-0.1, -0.05) is 18.6 Å². The molecule has 1 aromatic carbocycles. The van der Waals surface area contributed by atoms with E-state index in [2.05, 4.69) is 10.3 Å². The Balaban J connectivity index is 1.68. The summed E-state index contributed by atoms with van der Waals surface area (Å²) in [5, 5.41) is 12.5. The van der Waals surface area contributed by atoms with E-state index in [4.69, 9.17) is 0 Å². The second kappa shape index (κ2) is 8.65. The zero-order valence-electron chi connectivity index (χ0n) is 18.6. The van der Waals surface area contributed by atoms with Crippen LogP contribution >= 0.6 is 0 Å². The van der Waals surface area contributed by atoms with Crippen molar-refractivity contribution in [3.8, 4) is 0 Å². The second-order valence-electron chi connectivity index (χ2n) is 8.64. The van der Waals surface area contributed by atoms with Crippen molar-refractivity contribution >= 4 is 23.1 Å². The lowest BCUT2D eigenvalue weighted by Gasteiger charge is -2.27. The maximum atomic E-state index is 13.2. The molecule has 9 nitrogen and oxygen atoms in total. The smallest absolute Gasteiger partial charge is 0.416 e. The summed E-state index contributed by atoms with van der Waals surface area (Å²) in [5.74, 6) is -0.957. The number of aromatic nitrogens is 4. The standard InChI is InChI=1S/C22H24F3N5O4/c1-28-16-17(27-20(28)26-15-5-3-4-13(10-15)19(32)33)29(2)21(34)30(18(16)31)11-12-6-8-14(9-7-12)22(23,24)25/h6-9,13,15H,3-5,10-11H2,1-2H3,(H,26,27)(H,32,33). The first kappa shape index (κ1) is 23.6. The highest BCUT2D eigenvalue weighted by molar-refractivity contribution is 5.74. The van der Waals surface area contributed by atoms with E-state index in [0.29, 0.717) is 24.4 Å². The highest BCUT2D eigenvalue weighted by Gasteiger charge is 2.30. The van der Waals surface area contributed by atoms with E-state index in [1.54, 1.807) is 7.05 Å². The Morgan fingerprint density at radius 2 is 1.82 bits per heavy atom. The molecule has 182 valence electrons. The first-order chi connectivity index (χ1) is 16.0. The van der Waals surface area contributed by atoms with E-state index in [1.165, 1.54) is 28.3 Å². The van der Waals surface area contributed by atoms with Crippen LogP contribution in [-0.4, -0.2) is 35.8 Å². The number of aliphatic carboxylic acids is 1. The number of nitrogens with one attached hydrogen (secondary N) is 1. The third-order valence-corrected chi connectivity index (χ3v) is 6.34. The molecule has 4 rings (SSSR count). The number of hydrogen-bond donors (Lipinski definition) is 2. The number of nitrogens with zero attached hydrogens (tertiary/aromatic N) is 4. The molecule has 0 amide bonds. The van der Waals surface area contributed by atoms with Crippen LogP contribution in [0.15, 0.2) is 33.9 Å². The lowest BCUT2D eigenvalue weighted by atomic mass is 9.86. The number of hydrogen-bond acceptors (Lipinski definition) is 5. The molecule has 1 saturated carbocycles. The lowest BCUT2D eigenvalue weighted by molar-refractivity contribution is -0.143. The predicted octanol–water partition coefficient (Wildman–Crippen LogP) is 2.56. The van der Waals surface area contributed by atoms with Gasteiger partial charge >= 0.3 is 17.8 Å². The molecule has 0 saturated heterocycles. The van der Waals surface area contributed by atoms with Crippen molar-refractivity contribution in [3.63, 3.8) is 0 Å². The Labute approximate surface area is 191 Å². The summed E-state index contributed by atoms with van der Waals surface area (Å²) in [5.41, 5.74) is -1.40. The number of carboxylic acids is 1. The Kier molecular flexibility index (Phi) is 6.00. The van der Waals surface area contributed by atoms with Gasteiger partial charge in [-0.25, -0.2) is 4.79 Å². The molecule has 0 aliphatic heterocycles. The fourth-order valence-corrected chi connectivity index (χ4v) is 4.42. The Bertz CT molecular complexity index is 1350. The average molecular weight is 479 g/mol. The Hall–Kier alpha value is -3.57. The number of halogens is 3. The number of aryl methyl sites for hydroxylation is 2. The predicted molar refractivity (Wildman–Crippen MR) is 118 cm³/mol. The highest BCUT2D eigenvalue weighted by atomic mass is 19.4. The third-order valence-electron chi connectivity index (χ3n) is 6.34. The van der Waals surface area contributed by atoms with Gasteiger partial charge in [0.05, 0.1) is 18.0 Å². The monoisotopic (exact) mass is 479 g/mol. The van der Waals surface area contributed by atoms with Gasteiger partial charge in [-0.3, -0.25) is 18.7 Å². The summed E-state index contributed by atoms with van der Waals surface area (Å²) in [6.45, 7) is -0.198. The van der Waals surface area contributed by atoms with Crippen LogP contribution < -0.4 is 16.6 Å². The third kappa shape index (κ3) is 4.31. The molecule has 2 atom stereocenters. The fourth-order valence-electron chi connectivity index (χ4n) is 4.42. The van der Waals surface area contributed by atoms with E-state index in [0.717, 1.165) is 29.5 Å². The van der Waals surface area contributed by atoms with Gasteiger partial charge in [-0.2, -0.15) is 18.2 Å². The topological polar surface area (TPSA) is 111 Å². The molecule has 34 heavy (non-hydrogen) atoms. The molecule has 3 aromatic rings. The molecule has 12 heteroatoms. The highest BCUT2D eigenvalue weighted by Crippen LogP contribution is 2.29. The van der Waals surface area contributed by atoms with E-state index in [1.807, 2.05) is 0 Å². The molecule has 2 N–H and O–H groups in total. The zero-order chi connectivity index (χ0) is 24.8. The quantitative estimate of drug-likeness (QED) is 0.582. The molecule has 0 bridgehead atoms. The number of carbonyl (C=O) groups is 1. The number of fused-ring (bicyclic) bond motifs is 1. The molecule has 2 unspecified atom stereocenters. The van der Waals surface area contributed by atoms with E-state index < -0.39 is 34.9 Å². The van der Waals surface area contributed by atoms with Gasteiger partial charge in [0.2, 0.25) is 5.95 Å². The van der Waals surface area contributed by atoms with Crippen LogP contribution in [-0.2, 0) is 31.6 Å². The lowest BCUT2D eigenvalue weighted by Crippen LogP contribution is -2.39. The summed E-state index contributed by atoms with van der Waals surface area (Å²) < 4.78 is 42.2. The summed E-state index contributed by atoms with van der Waals surface area (Å²) >= 11 is 0. The number of carboxylic acid groups (broad SMARTS) is 1. The number of rotatable bonds is 5. The van der Waals surface area contributed by atoms with Crippen molar-refractivity contribution in [2.24, 2.45) is 20.0 Å². The molecule has 0 radical (unpaired) electrons. The molecule has 1 aliphatic carbocycles. The van der Waals surface area contributed by atoms with E-state index >= 15 is 0 Å². The summed E-state index contributed by atoms with van der Waals surface area (Å²) in [6, 6.07) is 4.14. The van der Waals surface area contributed by atoms with Crippen LogP contribution in [0.2, 0.25) is 0 Å². The summed E-state index contributed by atoms with van der Waals surface area (Å²) in [7, 11) is 3.08. The van der Waals surface area contributed by atoms with E-state index in [-0.39, 0.29) is 23.8 Å². The van der Waals surface area contributed by atoms with Crippen molar-refractivity contribution in [2.75, 3.05) is 5.32 Å². The molecule has 0 spiro atoms. The Morgan fingerprint density at radius 1 is 1.15 bits per heavy atom. The minimum Gasteiger partial charge on any atom is -0.481 e. The first-order valence-corrected chi connectivity index (χ1v) is 10.8. The number of imidazole rings is 1. The van der Waals surface area contributed by atoms with Crippen LogP contribution in [0.5, 0.6) is 0 Å². The van der Waals surface area contributed by atoms with Gasteiger partial charge < -0.3 is 15.0 Å². The maximum Gasteiger partial charge on any atom is 0.416 e.